The van der Waals surface area contributed by atoms with Crippen molar-refractivity contribution in [2.75, 3.05) is 25.3 Å². The quantitative estimate of drug-likeness (QED) is 0.247. The minimum Gasteiger partial charge on any atom is -0.493 e. The average molecular weight is 530 g/mol. The van der Waals surface area contributed by atoms with Crippen molar-refractivity contribution >= 4 is 35.0 Å². The highest BCUT2D eigenvalue weighted by molar-refractivity contribution is 8.00. The number of carbonyl (C=O) groups is 1. The van der Waals surface area contributed by atoms with Crippen LogP contribution in [-0.2, 0) is 4.79 Å². The molecule has 3 aromatic carbocycles. The summed E-state index contributed by atoms with van der Waals surface area (Å²) >= 11 is 7.30. The predicted molar refractivity (Wildman–Crippen MR) is 148 cm³/mol. The SMILES string of the molecule is COc1ccc(-c2cc(-c3ccc(Cl)cc3)nc(SCC(=O)Nc3cccc(C)c3)c2C#N)cc1OC. The smallest absolute Gasteiger partial charge is 0.234 e. The number of rotatable bonds is 8. The van der Waals surface area contributed by atoms with Crippen molar-refractivity contribution < 1.29 is 14.3 Å². The molecule has 1 heterocycles. The summed E-state index contributed by atoms with van der Waals surface area (Å²) in [6.07, 6.45) is 0. The Morgan fingerprint density at radius 2 is 1.73 bits per heavy atom. The van der Waals surface area contributed by atoms with E-state index in [0.717, 1.165) is 22.4 Å². The van der Waals surface area contributed by atoms with Gasteiger partial charge in [-0.1, -0.05) is 53.7 Å². The molecule has 0 aliphatic rings. The van der Waals surface area contributed by atoms with E-state index in [9.17, 15) is 10.1 Å². The van der Waals surface area contributed by atoms with Crippen molar-refractivity contribution in [3.05, 3.63) is 88.9 Å². The molecule has 0 radical (unpaired) electrons. The second-order valence-electron chi connectivity index (χ2n) is 8.13. The van der Waals surface area contributed by atoms with E-state index in [2.05, 4.69) is 11.4 Å². The molecule has 0 unspecified atom stereocenters. The van der Waals surface area contributed by atoms with Gasteiger partial charge in [0, 0.05) is 21.8 Å². The Morgan fingerprint density at radius 3 is 2.41 bits per heavy atom. The van der Waals surface area contributed by atoms with Crippen LogP contribution in [-0.4, -0.2) is 30.9 Å². The Bertz CT molecular complexity index is 1480. The van der Waals surface area contributed by atoms with E-state index < -0.39 is 0 Å². The van der Waals surface area contributed by atoms with Gasteiger partial charge in [0.1, 0.15) is 11.1 Å². The lowest BCUT2D eigenvalue weighted by atomic mass is 9.99. The molecule has 1 amide bonds. The first kappa shape index (κ1) is 26.1. The van der Waals surface area contributed by atoms with Gasteiger partial charge in [-0.2, -0.15) is 5.26 Å². The van der Waals surface area contributed by atoms with Gasteiger partial charge in [-0.15, -0.1) is 0 Å². The van der Waals surface area contributed by atoms with E-state index in [1.54, 1.807) is 32.4 Å². The third-order valence-corrected chi connectivity index (χ3v) is 6.80. The molecule has 0 saturated carbocycles. The van der Waals surface area contributed by atoms with Crippen molar-refractivity contribution in [3.63, 3.8) is 0 Å². The molecule has 0 aliphatic heterocycles. The lowest BCUT2D eigenvalue weighted by Gasteiger charge is -2.14. The van der Waals surface area contributed by atoms with Gasteiger partial charge in [0.25, 0.3) is 0 Å². The Kier molecular flexibility index (Phi) is 8.34. The number of ether oxygens (including phenoxy) is 2. The first-order chi connectivity index (χ1) is 17.9. The predicted octanol–water partition coefficient (Wildman–Crippen LogP) is 7.00. The summed E-state index contributed by atoms with van der Waals surface area (Å²) in [6.45, 7) is 1.96. The number of anilines is 1. The fourth-order valence-electron chi connectivity index (χ4n) is 3.79. The number of halogens is 1. The molecule has 1 aromatic heterocycles. The first-order valence-corrected chi connectivity index (χ1v) is 12.7. The monoisotopic (exact) mass is 529 g/mol. The van der Waals surface area contributed by atoms with Crippen molar-refractivity contribution in [1.82, 2.24) is 4.98 Å². The van der Waals surface area contributed by atoms with Gasteiger partial charge >= 0.3 is 0 Å². The molecule has 0 fully saturated rings. The zero-order chi connectivity index (χ0) is 26.4. The summed E-state index contributed by atoms with van der Waals surface area (Å²) in [4.78, 5) is 17.5. The van der Waals surface area contributed by atoms with Gasteiger partial charge in [-0.05, 0) is 60.5 Å². The molecule has 0 aliphatic carbocycles. The van der Waals surface area contributed by atoms with Crippen LogP contribution in [0.25, 0.3) is 22.4 Å². The van der Waals surface area contributed by atoms with E-state index in [-0.39, 0.29) is 11.7 Å². The Labute approximate surface area is 225 Å². The third-order valence-electron chi connectivity index (χ3n) is 5.57. The molecule has 37 heavy (non-hydrogen) atoms. The number of methoxy groups -OCH3 is 2. The van der Waals surface area contributed by atoms with Gasteiger partial charge < -0.3 is 14.8 Å². The molecular weight excluding hydrogens is 506 g/mol. The second kappa shape index (κ2) is 11.8. The van der Waals surface area contributed by atoms with E-state index >= 15 is 0 Å². The minimum atomic E-state index is -0.189. The number of hydrogen-bond donors (Lipinski definition) is 1. The van der Waals surface area contributed by atoms with Crippen LogP contribution >= 0.6 is 23.4 Å². The highest BCUT2D eigenvalue weighted by Crippen LogP contribution is 2.38. The number of aromatic nitrogens is 1. The van der Waals surface area contributed by atoms with Crippen molar-refractivity contribution in [3.8, 4) is 40.0 Å². The fourth-order valence-corrected chi connectivity index (χ4v) is 4.72. The van der Waals surface area contributed by atoms with Crippen LogP contribution in [0.1, 0.15) is 11.1 Å². The number of carbonyl (C=O) groups excluding carboxylic acids is 1. The lowest BCUT2D eigenvalue weighted by molar-refractivity contribution is -0.113. The molecule has 0 bridgehead atoms. The lowest BCUT2D eigenvalue weighted by Crippen LogP contribution is -2.14. The maximum Gasteiger partial charge on any atom is 0.234 e. The summed E-state index contributed by atoms with van der Waals surface area (Å²) in [5, 5.41) is 14.1. The zero-order valence-corrected chi connectivity index (χ0v) is 22.1. The Hall–Kier alpha value is -3.99. The van der Waals surface area contributed by atoms with Gasteiger partial charge in [0.2, 0.25) is 5.91 Å². The van der Waals surface area contributed by atoms with E-state index in [4.69, 9.17) is 26.1 Å². The van der Waals surface area contributed by atoms with Crippen molar-refractivity contribution in [2.24, 2.45) is 0 Å². The number of thioether (sulfide) groups is 1. The minimum absolute atomic E-state index is 0.0884. The molecule has 0 spiro atoms. The van der Waals surface area contributed by atoms with Crippen molar-refractivity contribution in [1.29, 1.82) is 5.26 Å². The zero-order valence-electron chi connectivity index (χ0n) is 20.5. The highest BCUT2D eigenvalue weighted by Gasteiger charge is 2.18. The van der Waals surface area contributed by atoms with Crippen LogP contribution in [0.15, 0.2) is 77.8 Å². The van der Waals surface area contributed by atoms with E-state index in [1.807, 2.05) is 61.5 Å². The van der Waals surface area contributed by atoms with Crippen LogP contribution in [0.5, 0.6) is 11.5 Å². The molecule has 4 rings (SSSR count). The number of nitrogens with zero attached hydrogens (tertiary/aromatic N) is 2. The largest absolute Gasteiger partial charge is 0.493 e. The molecule has 4 aromatic rings. The average Bonchev–Trinajstić information content (AvgIpc) is 2.91. The van der Waals surface area contributed by atoms with Crippen LogP contribution in [0, 0.1) is 18.3 Å². The van der Waals surface area contributed by atoms with E-state index in [1.165, 1.54) is 11.8 Å². The number of nitrogens with one attached hydrogen (secondary N) is 1. The van der Waals surface area contributed by atoms with Crippen molar-refractivity contribution in [2.45, 2.75) is 11.9 Å². The molecule has 0 atom stereocenters. The molecule has 0 saturated heterocycles. The van der Waals surface area contributed by atoms with Gasteiger partial charge in [0.15, 0.2) is 11.5 Å². The number of aryl methyl sites for hydroxylation is 1. The summed E-state index contributed by atoms with van der Waals surface area (Å²) in [7, 11) is 3.13. The number of benzene rings is 3. The topological polar surface area (TPSA) is 84.2 Å². The highest BCUT2D eigenvalue weighted by atomic mass is 35.5. The third kappa shape index (κ3) is 6.23. The summed E-state index contributed by atoms with van der Waals surface area (Å²) in [6, 6.07) is 24.5. The number of nitriles is 1. The standard InChI is InChI=1S/C29H24ClN3O3S/c1-18-5-4-6-22(13-18)32-28(34)17-37-29-24(16-31)23(20-9-12-26(35-2)27(14-20)36-3)15-25(33-29)19-7-10-21(30)11-8-19/h4-15H,17H2,1-3H3,(H,32,34). The first-order valence-electron chi connectivity index (χ1n) is 11.3. The van der Waals surface area contributed by atoms with Gasteiger partial charge in [-0.25, -0.2) is 4.98 Å². The number of pyridine rings is 1. The molecular formula is C29H24ClN3O3S. The Balaban J connectivity index is 1.74. The summed E-state index contributed by atoms with van der Waals surface area (Å²) in [5.41, 5.74) is 5.07. The van der Waals surface area contributed by atoms with Gasteiger partial charge in [-0.3, -0.25) is 4.79 Å². The summed E-state index contributed by atoms with van der Waals surface area (Å²) < 4.78 is 10.8. The van der Waals surface area contributed by atoms with E-state index in [0.29, 0.717) is 38.4 Å². The van der Waals surface area contributed by atoms with Crippen LogP contribution in [0.2, 0.25) is 5.02 Å². The normalized spacial score (nSPS) is 10.5. The van der Waals surface area contributed by atoms with Gasteiger partial charge in [0.05, 0.1) is 31.2 Å². The number of amides is 1. The molecule has 186 valence electrons. The molecule has 8 heteroatoms. The van der Waals surface area contributed by atoms with Crippen LogP contribution in [0.3, 0.4) is 0 Å². The Morgan fingerprint density at radius 1 is 1.00 bits per heavy atom. The van der Waals surface area contributed by atoms with Crippen LogP contribution in [0.4, 0.5) is 5.69 Å². The molecule has 6 nitrogen and oxygen atoms in total. The summed E-state index contributed by atoms with van der Waals surface area (Å²) in [5.74, 6) is 1.02. The number of hydrogen-bond acceptors (Lipinski definition) is 6. The fraction of sp³-hybridized carbons (Fsp3) is 0.138. The maximum atomic E-state index is 12.7. The second-order valence-corrected chi connectivity index (χ2v) is 9.53. The maximum absolute atomic E-state index is 12.7. The van der Waals surface area contributed by atoms with Crippen LogP contribution < -0.4 is 14.8 Å². The molecule has 1 N–H and O–H groups in total.